The molecule has 0 radical (unpaired) electrons. The van der Waals surface area contributed by atoms with Crippen molar-refractivity contribution < 1.29 is 22.7 Å². The maximum atomic E-state index is 13.6. The zero-order chi connectivity index (χ0) is 22.4. The van der Waals surface area contributed by atoms with Gasteiger partial charge >= 0.3 is 0 Å². The Hall–Kier alpha value is -2.42. The standard InChI is InChI=1S/C23H30N2O5S/c1-4-24-31(27,28)21-11-10-17(2)22(14-21)23(26)25(16-20-9-6-12-30-20)15-18-7-5-8-19(13-18)29-3/h5,7-8,10-11,13-14,20,24H,4,6,9,12,15-16H2,1-3H3. The van der Waals surface area contributed by atoms with Crippen molar-refractivity contribution in [2.75, 3.05) is 26.8 Å². The molecular weight excluding hydrogens is 416 g/mol. The number of amides is 1. The van der Waals surface area contributed by atoms with Crippen molar-refractivity contribution in [3.63, 3.8) is 0 Å². The van der Waals surface area contributed by atoms with Crippen LogP contribution < -0.4 is 9.46 Å². The van der Waals surface area contributed by atoms with Crippen molar-refractivity contribution in [2.45, 2.75) is 44.2 Å². The zero-order valence-corrected chi connectivity index (χ0v) is 19.1. The first-order valence-corrected chi connectivity index (χ1v) is 12.0. The number of carbonyl (C=O) groups excluding carboxylic acids is 1. The third-order valence-corrected chi connectivity index (χ3v) is 6.87. The summed E-state index contributed by atoms with van der Waals surface area (Å²) >= 11 is 0. The summed E-state index contributed by atoms with van der Waals surface area (Å²) in [5.74, 6) is 0.501. The van der Waals surface area contributed by atoms with E-state index >= 15 is 0 Å². The molecule has 0 bridgehead atoms. The lowest BCUT2D eigenvalue weighted by Crippen LogP contribution is -2.37. The van der Waals surface area contributed by atoms with Gasteiger partial charge in [0.1, 0.15) is 5.75 Å². The number of nitrogens with one attached hydrogen (secondary N) is 1. The van der Waals surface area contributed by atoms with Crippen molar-refractivity contribution in [2.24, 2.45) is 0 Å². The number of benzene rings is 2. The fourth-order valence-electron chi connectivity index (χ4n) is 3.69. The lowest BCUT2D eigenvalue weighted by molar-refractivity contribution is 0.0506. The van der Waals surface area contributed by atoms with E-state index in [9.17, 15) is 13.2 Å². The summed E-state index contributed by atoms with van der Waals surface area (Å²) in [5, 5.41) is 0. The molecular formula is C23H30N2O5S. The molecule has 0 aromatic heterocycles. The summed E-state index contributed by atoms with van der Waals surface area (Å²) in [5.41, 5.74) is 2.03. The number of sulfonamides is 1. The molecule has 31 heavy (non-hydrogen) atoms. The lowest BCUT2D eigenvalue weighted by atomic mass is 10.1. The highest BCUT2D eigenvalue weighted by atomic mass is 32.2. The average molecular weight is 447 g/mol. The van der Waals surface area contributed by atoms with E-state index < -0.39 is 10.0 Å². The van der Waals surface area contributed by atoms with E-state index in [2.05, 4.69) is 4.72 Å². The first-order chi connectivity index (χ1) is 14.8. The van der Waals surface area contributed by atoms with Gasteiger partial charge < -0.3 is 14.4 Å². The second kappa shape index (κ2) is 10.3. The normalized spacial score (nSPS) is 16.3. The first kappa shape index (κ1) is 23.2. The maximum absolute atomic E-state index is 13.6. The summed E-state index contributed by atoms with van der Waals surface area (Å²) in [6.45, 7) is 5.32. The predicted molar refractivity (Wildman–Crippen MR) is 119 cm³/mol. The van der Waals surface area contributed by atoms with Gasteiger partial charge in [-0.1, -0.05) is 25.1 Å². The van der Waals surface area contributed by atoms with Crippen molar-refractivity contribution in [3.8, 4) is 5.75 Å². The summed E-state index contributed by atoms with van der Waals surface area (Å²) in [6.07, 6.45) is 1.85. The van der Waals surface area contributed by atoms with Gasteiger partial charge in [-0.05, 0) is 55.2 Å². The summed E-state index contributed by atoms with van der Waals surface area (Å²) in [6, 6.07) is 12.2. The number of nitrogens with zero attached hydrogens (tertiary/aromatic N) is 1. The molecule has 0 spiro atoms. The van der Waals surface area contributed by atoms with Crippen LogP contribution in [0.4, 0.5) is 0 Å². The van der Waals surface area contributed by atoms with Gasteiger partial charge in [0.15, 0.2) is 0 Å². The number of rotatable bonds is 9. The lowest BCUT2D eigenvalue weighted by Gasteiger charge is -2.26. The van der Waals surface area contributed by atoms with Crippen LogP contribution in [0.1, 0.15) is 41.3 Å². The monoisotopic (exact) mass is 446 g/mol. The van der Waals surface area contributed by atoms with E-state index in [4.69, 9.17) is 9.47 Å². The number of carbonyl (C=O) groups is 1. The number of hydrogen-bond acceptors (Lipinski definition) is 5. The minimum atomic E-state index is -3.66. The van der Waals surface area contributed by atoms with Gasteiger partial charge in [0.2, 0.25) is 10.0 Å². The van der Waals surface area contributed by atoms with Crippen LogP contribution in [0.15, 0.2) is 47.4 Å². The Morgan fingerprint density at radius 3 is 2.74 bits per heavy atom. The van der Waals surface area contributed by atoms with Crippen molar-refractivity contribution >= 4 is 15.9 Å². The molecule has 2 aromatic carbocycles. The van der Waals surface area contributed by atoms with Crippen LogP contribution in [-0.4, -0.2) is 52.1 Å². The molecule has 8 heteroatoms. The first-order valence-electron chi connectivity index (χ1n) is 10.5. The Kier molecular flexibility index (Phi) is 7.69. The predicted octanol–water partition coefficient (Wildman–Crippen LogP) is 3.12. The van der Waals surface area contributed by atoms with Crippen molar-refractivity contribution in [3.05, 3.63) is 59.2 Å². The van der Waals surface area contributed by atoms with Crippen LogP contribution in [0.2, 0.25) is 0 Å². The highest BCUT2D eigenvalue weighted by molar-refractivity contribution is 7.89. The highest BCUT2D eigenvalue weighted by Gasteiger charge is 2.26. The second-order valence-corrected chi connectivity index (χ2v) is 9.42. The van der Waals surface area contributed by atoms with Crippen LogP contribution in [0.25, 0.3) is 0 Å². The van der Waals surface area contributed by atoms with Gasteiger partial charge in [0, 0.05) is 31.8 Å². The molecule has 0 saturated carbocycles. The van der Waals surface area contributed by atoms with E-state index in [1.807, 2.05) is 31.2 Å². The minimum absolute atomic E-state index is 0.0245. The van der Waals surface area contributed by atoms with Crippen LogP contribution in [0, 0.1) is 6.92 Å². The Morgan fingerprint density at radius 1 is 1.26 bits per heavy atom. The molecule has 168 valence electrons. The molecule has 1 saturated heterocycles. The SMILES string of the molecule is CCNS(=O)(=O)c1ccc(C)c(C(=O)N(Cc2cccc(OC)c2)CC2CCCO2)c1. The Bertz CT molecular complexity index is 1020. The number of aryl methyl sites for hydroxylation is 1. The van der Waals surface area contributed by atoms with Gasteiger partial charge in [-0.3, -0.25) is 4.79 Å². The van der Waals surface area contributed by atoms with E-state index in [0.717, 1.165) is 29.7 Å². The molecule has 0 aliphatic carbocycles. The number of methoxy groups -OCH3 is 1. The highest BCUT2D eigenvalue weighted by Crippen LogP contribution is 2.22. The molecule has 1 amide bonds. The molecule has 2 aromatic rings. The molecule has 1 atom stereocenters. The summed E-state index contributed by atoms with van der Waals surface area (Å²) in [7, 11) is -2.06. The Labute approximate surface area is 184 Å². The molecule has 1 unspecified atom stereocenters. The number of hydrogen-bond donors (Lipinski definition) is 1. The molecule has 1 fully saturated rings. The topological polar surface area (TPSA) is 84.9 Å². The fraction of sp³-hybridized carbons (Fsp3) is 0.435. The Balaban J connectivity index is 1.93. The Morgan fingerprint density at radius 2 is 2.06 bits per heavy atom. The van der Waals surface area contributed by atoms with Gasteiger partial charge in [-0.2, -0.15) is 0 Å². The quantitative estimate of drug-likeness (QED) is 0.640. The second-order valence-electron chi connectivity index (χ2n) is 7.65. The van der Waals surface area contributed by atoms with Gasteiger partial charge in [0.05, 0.1) is 18.1 Å². The molecule has 1 heterocycles. The molecule has 3 rings (SSSR count). The van der Waals surface area contributed by atoms with E-state index in [-0.39, 0.29) is 23.5 Å². The molecule has 1 aliphatic rings. The van der Waals surface area contributed by atoms with E-state index in [1.165, 1.54) is 12.1 Å². The summed E-state index contributed by atoms with van der Waals surface area (Å²) < 4.78 is 38.5. The maximum Gasteiger partial charge on any atom is 0.254 e. The minimum Gasteiger partial charge on any atom is -0.497 e. The summed E-state index contributed by atoms with van der Waals surface area (Å²) in [4.78, 5) is 15.4. The van der Waals surface area contributed by atoms with Crippen molar-refractivity contribution in [1.29, 1.82) is 0 Å². The fourth-order valence-corrected chi connectivity index (χ4v) is 4.75. The van der Waals surface area contributed by atoms with Crippen LogP contribution >= 0.6 is 0 Å². The van der Waals surface area contributed by atoms with Gasteiger partial charge in [-0.25, -0.2) is 13.1 Å². The van der Waals surface area contributed by atoms with Gasteiger partial charge in [0.25, 0.3) is 5.91 Å². The van der Waals surface area contributed by atoms with Crippen molar-refractivity contribution in [1.82, 2.24) is 9.62 Å². The third kappa shape index (κ3) is 5.84. The van der Waals surface area contributed by atoms with Crippen LogP contribution in [-0.2, 0) is 21.3 Å². The molecule has 1 N–H and O–H groups in total. The van der Waals surface area contributed by atoms with E-state index in [0.29, 0.717) is 25.3 Å². The molecule has 7 nitrogen and oxygen atoms in total. The average Bonchev–Trinajstić information content (AvgIpc) is 3.26. The van der Waals surface area contributed by atoms with Crippen LogP contribution in [0.5, 0.6) is 5.75 Å². The zero-order valence-electron chi connectivity index (χ0n) is 18.3. The smallest absolute Gasteiger partial charge is 0.254 e. The van der Waals surface area contributed by atoms with Crippen LogP contribution in [0.3, 0.4) is 0 Å². The van der Waals surface area contributed by atoms with E-state index in [1.54, 1.807) is 25.0 Å². The van der Waals surface area contributed by atoms with Gasteiger partial charge in [-0.15, -0.1) is 0 Å². The molecule has 1 aliphatic heterocycles. The number of ether oxygens (including phenoxy) is 2. The largest absolute Gasteiger partial charge is 0.497 e. The third-order valence-electron chi connectivity index (χ3n) is 5.33.